The fourth-order valence-corrected chi connectivity index (χ4v) is 4.16. The molecule has 2 heterocycles. The smallest absolute Gasteiger partial charge is 0.127 e. The van der Waals surface area contributed by atoms with Gasteiger partial charge in [0.25, 0.3) is 0 Å². The summed E-state index contributed by atoms with van der Waals surface area (Å²) < 4.78 is 13.8. The number of fused-ring (bicyclic) bond motifs is 4. The minimum absolute atomic E-state index is 0.170. The first-order valence-electron chi connectivity index (χ1n) is 6.65. The lowest BCUT2D eigenvalue weighted by molar-refractivity contribution is 0.615. The van der Waals surface area contributed by atoms with Crippen molar-refractivity contribution in [1.82, 2.24) is 4.98 Å². The molecule has 21 heavy (non-hydrogen) atoms. The van der Waals surface area contributed by atoms with Crippen LogP contribution < -0.4 is 0 Å². The highest BCUT2D eigenvalue weighted by atomic mass is 35.5. The number of aromatic nitrogens is 1. The van der Waals surface area contributed by atoms with Crippen molar-refractivity contribution in [1.29, 1.82) is 0 Å². The fourth-order valence-electron chi connectivity index (χ4n) is 2.68. The first-order valence-corrected chi connectivity index (χ1v) is 8.02. The molecule has 4 heteroatoms. The Morgan fingerprint density at radius 2 is 2.05 bits per heavy atom. The third-order valence-corrected chi connectivity index (χ3v) is 5.33. The molecule has 0 saturated carbocycles. The van der Waals surface area contributed by atoms with Crippen LogP contribution in [0.4, 0.5) is 4.39 Å². The number of aryl methyl sites for hydroxylation is 1. The number of thioether (sulfide) groups is 1. The minimum Gasteiger partial charge on any atom is -0.247 e. The second-order valence-electron chi connectivity index (χ2n) is 5.16. The highest BCUT2D eigenvalue weighted by Gasteiger charge is 2.23. The van der Waals surface area contributed by atoms with Gasteiger partial charge in [0.05, 0.1) is 16.2 Å². The molecule has 2 aromatic carbocycles. The van der Waals surface area contributed by atoms with Crippen LogP contribution in [0.5, 0.6) is 0 Å². The lowest BCUT2D eigenvalue weighted by Gasteiger charge is -2.21. The van der Waals surface area contributed by atoms with E-state index in [4.69, 9.17) is 16.6 Å². The maximum absolute atomic E-state index is 13.8. The van der Waals surface area contributed by atoms with Gasteiger partial charge in [-0.05, 0) is 30.7 Å². The average Bonchev–Trinajstić information content (AvgIpc) is 2.49. The number of para-hydroxylation sites is 1. The number of nitrogens with zero attached hydrogens (tertiary/aromatic N) is 1. The van der Waals surface area contributed by atoms with E-state index in [2.05, 4.69) is 0 Å². The number of pyridine rings is 1. The molecule has 0 spiro atoms. The monoisotopic (exact) mass is 315 g/mol. The molecule has 1 aromatic heterocycles. The fraction of sp³-hybridized carbons (Fsp3) is 0.118. The van der Waals surface area contributed by atoms with Crippen molar-refractivity contribution < 1.29 is 4.39 Å². The topological polar surface area (TPSA) is 12.9 Å². The standard InChI is InChI=1S/C17H11ClFNS/c1-9-6-11-15(7-13(9)19)21-8-12-16(18)10-4-2-3-5-14(10)20-17(11)12/h2-7H,8H2,1H3. The van der Waals surface area contributed by atoms with Crippen LogP contribution in [0, 0.1) is 12.7 Å². The molecule has 0 radical (unpaired) electrons. The van der Waals surface area contributed by atoms with Gasteiger partial charge in [-0.15, -0.1) is 11.8 Å². The third kappa shape index (κ3) is 1.95. The largest absolute Gasteiger partial charge is 0.247 e. The number of halogens is 2. The molecule has 0 N–H and O–H groups in total. The molecule has 0 atom stereocenters. The molecule has 1 aliphatic heterocycles. The highest BCUT2D eigenvalue weighted by Crippen LogP contribution is 2.45. The van der Waals surface area contributed by atoms with Crippen molar-refractivity contribution in [3.63, 3.8) is 0 Å². The van der Waals surface area contributed by atoms with Gasteiger partial charge in [0, 0.05) is 27.2 Å². The second kappa shape index (κ2) is 4.72. The van der Waals surface area contributed by atoms with Gasteiger partial charge in [-0.3, -0.25) is 0 Å². The Hall–Kier alpha value is -1.58. The van der Waals surface area contributed by atoms with Crippen molar-refractivity contribution in [2.24, 2.45) is 0 Å². The lowest BCUT2D eigenvalue weighted by Crippen LogP contribution is -2.02. The third-order valence-electron chi connectivity index (χ3n) is 3.81. The molecular formula is C17H11ClFNS. The Morgan fingerprint density at radius 1 is 1.24 bits per heavy atom. The predicted octanol–water partition coefficient (Wildman–Crippen LogP) is 5.61. The quantitative estimate of drug-likeness (QED) is 0.535. The molecule has 0 saturated heterocycles. The summed E-state index contributed by atoms with van der Waals surface area (Å²) in [6.45, 7) is 1.78. The predicted molar refractivity (Wildman–Crippen MR) is 86.4 cm³/mol. The van der Waals surface area contributed by atoms with E-state index in [-0.39, 0.29) is 5.82 Å². The molecule has 104 valence electrons. The summed E-state index contributed by atoms with van der Waals surface area (Å²) in [6.07, 6.45) is 0. The molecule has 0 aliphatic carbocycles. The van der Waals surface area contributed by atoms with Crippen LogP contribution in [-0.4, -0.2) is 4.98 Å². The molecule has 0 unspecified atom stereocenters. The number of benzene rings is 2. The van der Waals surface area contributed by atoms with Crippen molar-refractivity contribution in [2.75, 3.05) is 0 Å². The molecular weight excluding hydrogens is 305 g/mol. The number of hydrogen-bond donors (Lipinski definition) is 0. The summed E-state index contributed by atoms with van der Waals surface area (Å²) in [5.74, 6) is 0.554. The van der Waals surface area contributed by atoms with E-state index in [0.717, 1.165) is 43.4 Å². The molecule has 1 nitrogen and oxygen atoms in total. The van der Waals surface area contributed by atoms with Gasteiger partial charge in [-0.2, -0.15) is 0 Å². The first kappa shape index (κ1) is 13.1. The van der Waals surface area contributed by atoms with Gasteiger partial charge >= 0.3 is 0 Å². The molecule has 4 rings (SSSR count). The van der Waals surface area contributed by atoms with Crippen LogP contribution in [-0.2, 0) is 5.75 Å². The van der Waals surface area contributed by atoms with Gasteiger partial charge in [0.1, 0.15) is 5.82 Å². The molecule has 3 aromatic rings. The van der Waals surface area contributed by atoms with E-state index in [0.29, 0.717) is 5.56 Å². The van der Waals surface area contributed by atoms with E-state index in [1.165, 1.54) is 0 Å². The van der Waals surface area contributed by atoms with Crippen LogP contribution >= 0.6 is 23.4 Å². The van der Waals surface area contributed by atoms with Crippen LogP contribution in [0.1, 0.15) is 11.1 Å². The van der Waals surface area contributed by atoms with E-state index < -0.39 is 0 Å². The average molecular weight is 316 g/mol. The Kier molecular flexibility index (Phi) is 2.95. The molecule has 0 fully saturated rings. The van der Waals surface area contributed by atoms with Crippen molar-refractivity contribution in [3.05, 3.63) is 58.4 Å². The van der Waals surface area contributed by atoms with Gasteiger partial charge in [0.2, 0.25) is 0 Å². The van der Waals surface area contributed by atoms with Crippen molar-refractivity contribution in [3.8, 4) is 11.3 Å². The van der Waals surface area contributed by atoms with E-state index in [1.54, 1.807) is 24.8 Å². The summed E-state index contributed by atoms with van der Waals surface area (Å²) in [7, 11) is 0. The summed E-state index contributed by atoms with van der Waals surface area (Å²) in [5, 5.41) is 1.73. The van der Waals surface area contributed by atoms with Crippen LogP contribution in [0.15, 0.2) is 41.3 Å². The molecule has 0 bridgehead atoms. The van der Waals surface area contributed by atoms with Crippen molar-refractivity contribution >= 4 is 34.3 Å². The second-order valence-corrected chi connectivity index (χ2v) is 6.55. The van der Waals surface area contributed by atoms with Gasteiger partial charge in [-0.1, -0.05) is 29.8 Å². The zero-order chi connectivity index (χ0) is 14.6. The Balaban J connectivity index is 2.08. The summed E-state index contributed by atoms with van der Waals surface area (Å²) >= 11 is 8.18. The SMILES string of the molecule is Cc1cc2c(cc1F)SCc1c-2nc2ccccc2c1Cl. The highest BCUT2D eigenvalue weighted by molar-refractivity contribution is 7.98. The van der Waals surface area contributed by atoms with E-state index in [1.807, 2.05) is 30.3 Å². The maximum Gasteiger partial charge on any atom is 0.127 e. The number of rotatable bonds is 0. The normalized spacial score (nSPS) is 13.1. The Bertz CT molecular complexity index is 892. The Morgan fingerprint density at radius 3 is 2.90 bits per heavy atom. The lowest BCUT2D eigenvalue weighted by atomic mass is 10.0. The zero-order valence-electron chi connectivity index (χ0n) is 11.3. The summed E-state index contributed by atoms with van der Waals surface area (Å²) in [5.41, 5.74) is 4.41. The maximum atomic E-state index is 13.8. The van der Waals surface area contributed by atoms with Crippen LogP contribution in [0.3, 0.4) is 0 Å². The van der Waals surface area contributed by atoms with Gasteiger partial charge in [0.15, 0.2) is 0 Å². The first-order chi connectivity index (χ1) is 10.1. The molecule has 0 amide bonds. The van der Waals surface area contributed by atoms with Crippen molar-refractivity contribution in [2.45, 2.75) is 17.6 Å². The van der Waals surface area contributed by atoms with E-state index >= 15 is 0 Å². The van der Waals surface area contributed by atoms with Gasteiger partial charge in [-0.25, -0.2) is 9.37 Å². The number of hydrogen-bond acceptors (Lipinski definition) is 2. The summed E-state index contributed by atoms with van der Waals surface area (Å²) in [6, 6.07) is 11.3. The van der Waals surface area contributed by atoms with Crippen LogP contribution in [0.2, 0.25) is 5.02 Å². The van der Waals surface area contributed by atoms with Gasteiger partial charge < -0.3 is 0 Å². The zero-order valence-corrected chi connectivity index (χ0v) is 12.9. The summed E-state index contributed by atoms with van der Waals surface area (Å²) in [4.78, 5) is 5.70. The Labute approximate surface area is 131 Å². The van der Waals surface area contributed by atoms with E-state index in [9.17, 15) is 4.39 Å². The molecule has 1 aliphatic rings. The van der Waals surface area contributed by atoms with Crippen LogP contribution in [0.25, 0.3) is 22.2 Å². The minimum atomic E-state index is -0.170.